The number of aromatic nitrogens is 1. The van der Waals surface area contributed by atoms with E-state index in [2.05, 4.69) is 10.3 Å². The summed E-state index contributed by atoms with van der Waals surface area (Å²) in [4.78, 5) is 15.5. The molecule has 4 nitrogen and oxygen atoms in total. The van der Waals surface area contributed by atoms with E-state index in [4.69, 9.17) is 4.74 Å². The van der Waals surface area contributed by atoms with Crippen molar-refractivity contribution in [1.29, 1.82) is 0 Å². The van der Waals surface area contributed by atoms with Gasteiger partial charge in [-0.05, 0) is 18.8 Å². The predicted octanol–water partition coefficient (Wildman–Crippen LogP) is 2.84. The summed E-state index contributed by atoms with van der Waals surface area (Å²) < 4.78 is 42.5. The number of nitrogens with zero attached hydrogens (tertiary/aromatic N) is 1. The number of halogens is 3. The SMILES string of the molecule is C[C@H](C(=O)NCc1nc(C(F)(F)F)cs1)C1CCOCC1. The van der Waals surface area contributed by atoms with Gasteiger partial charge in [0.1, 0.15) is 5.01 Å². The molecule has 21 heavy (non-hydrogen) atoms. The Morgan fingerprint density at radius 3 is 2.76 bits per heavy atom. The van der Waals surface area contributed by atoms with Crippen LogP contribution in [0.4, 0.5) is 13.2 Å². The van der Waals surface area contributed by atoms with E-state index in [0.717, 1.165) is 29.6 Å². The van der Waals surface area contributed by atoms with E-state index < -0.39 is 11.9 Å². The first-order chi connectivity index (χ1) is 9.88. The summed E-state index contributed by atoms with van der Waals surface area (Å²) in [5.41, 5.74) is -0.908. The second-order valence-electron chi connectivity index (χ2n) is 5.08. The highest BCUT2D eigenvalue weighted by atomic mass is 32.1. The van der Waals surface area contributed by atoms with E-state index in [1.54, 1.807) is 0 Å². The van der Waals surface area contributed by atoms with Crippen LogP contribution in [0.2, 0.25) is 0 Å². The summed E-state index contributed by atoms with van der Waals surface area (Å²) in [7, 11) is 0. The van der Waals surface area contributed by atoms with Gasteiger partial charge in [0, 0.05) is 24.5 Å². The number of hydrogen-bond acceptors (Lipinski definition) is 4. The lowest BCUT2D eigenvalue weighted by atomic mass is 9.87. The van der Waals surface area contributed by atoms with Gasteiger partial charge in [0.15, 0.2) is 5.69 Å². The molecule has 8 heteroatoms. The maximum Gasteiger partial charge on any atom is 0.434 e. The van der Waals surface area contributed by atoms with Crippen molar-refractivity contribution < 1.29 is 22.7 Å². The lowest BCUT2D eigenvalue weighted by molar-refractivity contribution is -0.140. The molecule has 1 N–H and O–H groups in total. The van der Waals surface area contributed by atoms with E-state index in [0.29, 0.717) is 13.2 Å². The van der Waals surface area contributed by atoms with Gasteiger partial charge < -0.3 is 10.1 Å². The molecule has 1 aromatic heterocycles. The molecule has 2 rings (SSSR count). The van der Waals surface area contributed by atoms with Crippen molar-refractivity contribution in [2.24, 2.45) is 11.8 Å². The molecule has 1 fully saturated rings. The molecule has 0 spiro atoms. The highest BCUT2D eigenvalue weighted by Gasteiger charge is 2.33. The molecule has 1 atom stereocenters. The minimum atomic E-state index is -4.44. The molecule has 0 radical (unpaired) electrons. The van der Waals surface area contributed by atoms with Crippen molar-refractivity contribution in [1.82, 2.24) is 10.3 Å². The van der Waals surface area contributed by atoms with E-state index in [1.807, 2.05) is 6.92 Å². The molecular weight excluding hydrogens is 305 g/mol. The first-order valence-electron chi connectivity index (χ1n) is 6.75. The fourth-order valence-electron chi connectivity index (χ4n) is 2.28. The highest BCUT2D eigenvalue weighted by Crippen LogP contribution is 2.30. The number of alkyl halides is 3. The largest absolute Gasteiger partial charge is 0.434 e. The number of ether oxygens (including phenoxy) is 1. The van der Waals surface area contributed by atoms with Crippen LogP contribution in [0.15, 0.2) is 5.38 Å². The first kappa shape index (κ1) is 16.2. The monoisotopic (exact) mass is 322 g/mol. The Balaban J connectivity index is 1.84. The summed E-state index contributed by atoms with van der Waals surface area (Å²) >= 11 is 0.900. The molecule has 1 aliphatic rings. The Bertz CT molecular complexity index is 484. The molecule has 0 aliphatic carbocycles. The zero-order valence-corrected chi connectivity index (χ0v) is 12.4. The number of nitrogens with one attached hydrogen (secondary N) is 1. The van der Waals surface area contributed by atoms with Crippen LogP contribution in [-0.4, -0.2) is 24.1 Å². The molecule has 1 amide bonds. The van der Waals surface area contributed by atoms with Crippen molar-refractivity contribution in [3.05, 3.63) is 16.1 Å². The van der Waals surface area contributed by atoms with Crippen LogP contribution in [0.1, 0.15) is 30.5 Å². The van der Waals surface area contributed by atoms with E-state index in [1.165, 1.54) is 0 Å². The molecule has 2 heterocycles. The Morgan fingerprint density at radius 2 is 2.19 bits per heavy atom. The predicted molar refractivity (Wildman–Crippen MR) is 71.7 cm³/mol. The van der Waals surface area contributed by atoms with Crippen molar-refractivity contribution in [3.8, 4) is 0 Å². The van der Waals surface area contributed by atoms with E-state index in [-0.39, 0.29) is 29.3 Å². The zero-order valence-electron chi connectivity index (χ0n) is 11.6. The summed E-state index contributed by atoms with van der Waals surface area (Å²) in [6, 6.07) is 0. The zero-order chi connectivity index (χ0) is 15.5. The fourth-order valence-corrected chi connectivity index (χ4v) is 3.02. The van der Waals surface area contributed by atoms with Crippen LogP contribution < -0.4 is 5.32 Å². The fraction of sp³-hybridized carbons (Fsp3) is 0.692. The van der Waals surface area contributed by atoms with Crippen LogP contribution >= 0.6 is 11.3 Å². The van der Waals surface area contributed by atoms with Gasteiger partial charge in [0.2, 0.25) is 5.91 Å². The summed E-state index contributed by atoms with van der Waals surface area (Å²) in [5.74, 6) is -0.0533. The molecule has 0 bridgehead atoms. The molecular formula is C13H17F3N2O2S. The Kier molecular flexibility index (Phi) is 5.21. The van der Waals surface area contributed by atoms with Crippen LogP contribution in [0, 0.1) is 11.8 Å². The number of amides is 1. The lowest BCUT2D eigenvalue weighted by Gasteiger charge is -2.26. The van der Waals surface area contributed by atoms with Crippen LogP contribution in [-0.2, 0) is 22.3 Å². The number of rotatable bonds is 4. The van der Waals surface area contributed by atoms with Crippen LogP contribution in [0.25, 0.3) is 0 Å². The van der Waals surface area contributed by atoms with Gasteiger partial charge >= 0.3 is 6.18 Å². The van der Waals surface area contributed by atoms with Crippen molar-refractivity contribution in [2.45, 2.75) is 32.5 Å². The van der Waals surface area contributed by atoms with Gasteiger partial charge in [0.25, 0.3) is 0 Å². The molecule has 0 unspecified atom stereocenters. The van der Waals surface area contributed by atoms with E-state index in [9.17, 15) is 18.0 Å². The third-order valence-electron chi connectivity index (χ3n) is 3.64. The first-order valence-corrected chi connectivity index (χ1v) is 7.63. The quantitative estimate of drug-likeness (QED) is 0.927. The number of thiazole rings is 1. The maximum atomic E-state index is 12.4. The minimum Gasteiger partial charge on any atom is -0.381 e. The van der Waals surface area contributed by atoms with Crippen molar-refractivity contribution >= 4 is 17.2 Å². The lowest BCUT2D eigenvalue weighted by Crippen LogP contribution is -2.35. The topological polar surface area (TPSA) is 51.2 Å². The third-order valence-corrected chi connectivity index (χ3v) is 4.49. The van der Waals surface area contributed by atoms with Crippen LogP contribution in [0.3, 0.4) is 0 Å². The average Bonchev–Trinajstić information content (AvgIpc) is 2.94. The normalized spacial score (nSPS) is 18.5. The van der Waals surface area contributed by atoms with Gasteiger partial charge in [0.05, 0.1) is 6.54 Å². The third kappa shape index (κ3) is 4.41. The van der Waals surface area contributed by atoms with Gasteiger partial charge in [-0.2, -0.15) is 13.2 Å². The van der Waals surface area contributed by atoms with Crippen LogP contribution in [0.5, 0.6) is 0 Å². The summed E-state index contributed by atoms with van der Waals surface area (Å²) in [5, 5.41) is 3.88. The second kappa shape index (κ2) is 6.74. The Morgan fingerprint density at radius 1 is 1.52 bits per heavy atom. The van der Waals surface area contributed by atoms with Gasteiger partial charge in [-0.15, -0.1) is 11.3 Å². The number of hydrogen-bond donors (Lipinski definition) is 1. The molecule has 1 aromatic rings. The number of carbonyl (C=O) groups is 1. The Hall–Kier alpha value is -1.15. The van der Waals surface area contributed by atoms with Gasteiger partial charge in [-0.3, -0.25) is 4.79 Å². The summed E-state index contributed by atoms with van der Waals surface area (Å²) in [6.07, 6.45) is -2.76. The molecule has 1 aliphatic heterocycles. The summed E-state index contributed by atoms with van der Waals surface area (Å²) in [6.45, 7) is 3.19. The van der Waals surface area contributed by atoms with E-state index >= 15 is 0 Å². The standard InChI is InChI=1S/C13H17F3N2O2S/c1-8(9-2-4-20-5-3-9)12(19)17-6-11-18-10(7-21-11)13(14,15)16/h7-9H,2-6H2,1H3,(H,17,19)/t8-/m0/s1. The average molecular weight is 322 g/mol. The molecule has 0 aromatic carbocycles. The number of carbonyl (C=O) groups excluding carboxylic acids is 1. The maximum absolute atomic E-state index is 12.4. The van der Waals surface area contributed by atoms with Gasteiger partial charge in [-0.1, -0.05) is 6.92 Å². The van der Waals surface area contributed by atoms with Gasteiger partial charge in [-0.25, -0.2) is 4.98 Å². The molecule has 0 saturated carbocycles. The second-order valence-corrected chi connectivity index (χ2v) is 6.02. The minimum absolute atomic E-state index is 0.0349. The van der Waals surface area contributed by atoms with Crippen molar-refractivity contribution in [2.75, 3.05) is 13.2 Å². The van der Waals surface area contributed by atoms with Crippen molar-refractivity contribution in [3.63, 3.8) is 0 Å². The Labute approximate surface area is 124 Å². The molecule has 118 valence electrons. The highest BCUT2D eigenvalue weighted by molar-refractivity contribution is 7.09. The molecule has 1 saturated heterocycles. The smallest absolute Gasteiger partial charge is 0.381 e.